The van der Waals surface area contributed by atoms with Gasteiger partial charge in [0.25, 0.3) is 0 Å². The van der Waals surface area contributed by atoms with Crippen LogP contribution in [0.5, 0.6) is 0 Å². The highest BCUT2D eigenvalue weighted by Gasteiger charge is 2.29. The number of nitrogens with zero attached hydrogens (tertiary/aromatic N) is 3. The van der Waals surface area contributed by atoms with Crippen LogP contribution >= 0.6 is 11.6 Å². The van der Waals surface area contributed by atoms with Gasteiger partial charge in [-0.1, -0.05) is 11.6 Å². The standard InChI is InChI=1S/C10H18ClN3O3S/c1-7(15)5-6-13(3)18(16,17)9-8(2)12-14(4)10(9)11/h7,15H,5-6H2,1-4H3. The third-order valence-corrected chi connectivity index (χ3v) is 5.18. The summed E-state index contributed by atoms with van der Waals surface area (Å²) in [6.07, 6.45) is -0.180. The van der Waals surface area contributed by atoms with Gasteiger partial charge in [-0.2, -0.15) is 5.10 Å². The molecule has 8 heteroatoms. The van der Waals surface area contributed by atoms with E-state index in [0.717, 1.165) is 0 Å². The van der Waals surface area contributed by atoms with E-state index in [9.17, 15) is 13.5 Å². The number of hydrogen-bond donors (Lipinski definition) is 1. The van der Waals surface area contributed by atoms with Crippen LogP contribution in [-0.4, -0.2) is 47.3 Å². The maximum Gasteiger partial charge on any atom is 0.247 e. The molecule has 1 unspecified atom stereocenters. The van der Waals surface area contributed by atoms with Crippen LogP contribution in [0.3, 0.4) is 0 Å². The minimum atomic E-state index is -3.67. The molecule has 0 amide bonds. The fourth-order valence-corrected chi connectivity index (χ4v) is 3.43. The van der Waals surface area contributed by atoms with Gasteiger partial charge in [0.05, 0.1) is 11.8 Å². The van der Waals surface area contributed by atoms with Crippen LogP contribution in [0, 0.1) is 6.92 Å². The van der Waals surface area contributed by atoms with Crippen LogP contribution in [0.4, 0.5) is 0 Å². The van der Waals surface area contributed by atoms with Crippen LogP contribution in [0.2, 0.25) is 5.15 Å². The molecule has 0 saturated heterocycles. The molecule has 1 atom stereocenters. The lowest BCUT2D eigenvalue weighted by molar-refractivity contribution is 0.177. The molecule has 1 aromatic heterocycles. The Morgan fingerprint density at radius 2 is 2.11 bits per heavy atom. The van der Waals surface area contributed by atoms with Crippen LogP contribution in [0.25, 0.3) is 0 Å². The Morgan fingerprint density at radius 3 is 2.50 bits per heavy atom. The first-order valence-corrected chi connectivity index (χ1v) is 7.33. The Bertz CT molecular complexity index is 525. The second kappa shape index (κ2) is 5.56. The van der Waals surface area contributed by atoms with Crippen LogP contribution in [-0.2, 0) is 17.1 Å². The first-order chi connectivity index (χ1) is 8.17. The summed E-state index contributed by atoms with van der Waals surface area (Å²) in [7, 11) is -0.622. The molecule has 0 aromatic carbocycles. The summed E-state index contributed by atoms with van der Waals surface area (Å²) in [5, 5.41) is 13.3. The number of aryl methyl sites for hydroxylation is 2. The number of hydrogen-bond acceptors (Lipinski definition) is 4. The third kappa shape index (κ3) is 3.03. The lowest BCUT2D eigenvalue weighted by atomic mass is 10.3. The summed E-state index contributed by atoms with van der Waals surface area (Å²) in [5.41, 5.74) is 0.367. The quantitative estimate of drug-likeness (QED) is 0.871. The minimum Gasteiger partial charge on any atom is -0.393 e. The lowest BCUT2D eigenvalue weighted by Crippen LogP contribution is -2.30. The molecule has 1 rings (SSSR count). The second-order valence-corrected chi connectivity index (χ2v) is 6.63. The van der Waals surface area contributed by atoms with Gasteiger partial charge in [0, 0.05) is 20.6 Å². The predicted molar refractivity (Wildman–Crippen MR) is 69.1 cm³/mol. The first kappa shape index (κ1) is 15.4. The van der Waals surface area contributed by atoms with Crippen molar-refractivity contribution >= 4 is 21.6 Å². The predicted octanol–water partition coefficient (Wildman–Crippen LogP) is 0.773. The van der Waals surface area contributed by atoms with Crippen molar-refractivity contribution in [3.8, 4) is 0 Å². The van der Waals surface area contributed by atoms with Crippen LogP contribution < -0.4 is 0 Å². The Labute approximate surface area is 112 Å². The van der Waals surface area contributed by atoms with Crippen molar-refractivity contribution in [3.05, 3.63) is 10.8 Å². The Kier molecular flexibility index (Phi) is 4.77. The summed E-state index contributed by atoms with van der Waals surface area (Å²) < 4.78 is 27.1. The van der Waals surface area contributed by atoms with E-state index in [4.69, 9.17) is 11.6 Å². The molecular formula is C10H18ClN3O3S. The maximum absolute atomic E-state index is 12.3. The van der Waals surface area contributed by atoms with E-state index in [0.29, 0.717) is 12.1 Å². The average Bonchev–Trinajstić information content (AvgIpc) is 2.49. The normalized spacial score (nSPS) is 14.2. The topological polar surface area (TPSA) is 75.4 Å². The fraction of sp³-hybridized carbons (Fsp3) is 0.700. The Morgan fingerprint density at radius 1 is 1.56 bits per heavy atom. The summed E-state index contributed by atoms with van der Waals surface area (Å²) in [5.74, 6) is 0. The first-order valence-electron chi connectivity index (χ1n) is 5.51. The lowest BCUT2D eigenvalue weighted by Gasteiger charge is -2.17. The number of halogens is 1. The van der Waals surface area contributed by atoms with E-state index in [-0.39, 0.29) is 16.6 Å². The molecule has 1 aromatic rings. The smallest absolute Gasteiger partial charge is 0.247 e. The summed E-state index contributed by atoms with van der Waals surface area (Å²) in [4.78, 5) is 0.0276. The van der Waals surface area contributed by atoms with Crippen molar-refractivity contribution in [2.24, 2.45) is 7.05 Å². The zero-order valence-corrected chi connectivity index (χ0v) is 12.5. The van der Waals surface area contributed by atoms with Crippen molar-refractivity contribution < 1.29 is 13.5 Å². The molecule has 1 heterocycles. The molecule has 6 nitrogen and oxygen atoms in total. The fourth-order valence-electron chi connectivity index (χ4n) is 1.55. The third-order valence-electron chi connectivity index (χ3n) is 2.63. The largest absolute Gasteiger partial charge is 0.393 e. The Hall–Kier alpha value is -0.630. The second-order valence-electron chi connectivity index (χ2n) is 4.29. The average molecular weight is 296 g/mol. The van der Waals surface area contributed by atoms with E-state index in [2.05, 4.69) is 5.10 Å². The van der Waals surface area contributed by atoms with E-state index in [1.54, 1.807) is 20.9 Å². The van der Waals surface area contributed by atoms with Crippen LogP contribution in [0.1, 0.15) is 19.0 Å². The maximum atomic E-state index is 12.3. The van der Waals surface area contributed by atoms with Gasteiger partial charge in [-0.05, 0) is 20.3 Å². The number of aromatic nitrogens is 2. The van der Waals surface area contributed by atoms with Gasteiger partial charge in [-0.25, -0.2) is 12.7 Å². The monoisotopic (exact) mass is 295 g/mol. The molecular weight excluding hydrogens is 278 g/mol. The van der Waals surface area contributed by atoms with E-state index < -0.39 is 16.1 Å². The molecule has 0 fully saturated rings. The molecule has 0 spiro atoms. The number of aliphatic hydroxyl groups is 1. The summed E-state index contributed by atoms with van der Waals surface area (Å²) in [6.45, 7) is 3.44. The minimum absolute atomic E-state index is 0.0276. The van der Waals surface area contributed by atoms with Gasteiger partial charge in [-0.3, -0.25) is 4.68 Å². The molecule has 18 heavy (non-hydrogen) atoms. The van der Waals surface area contributed by atoms with E-state index >= 15 is 0 Å². The summed E-state index contributed by atoms with van der Waals surface area (Å²) in [6, 6.07) is 0. The molecule has 0 aliphatic heterocycles. The highest BCUT2D eigenvalue weighted by molar-refractivity contribution is 7.89. The molecule has 0 radical (unpaired) electrons. The van der Waals surface area contributed by atoms with Gasteiger partial charge in [0.15, 0.2) is 0 Å². The highest BCUT2D eigenvalue weighted by atomic mass is 35.5. The van der Waals surface area contributed by atoms with Gasteiger partial charge in [0.1, 0.15) is 10.0 Å². The van der Waals surface area contributed by atoms with Crippen molar-refractivity contribution in [2.45, 2.75) is 31.3 Å². The van der Waals surface area contributed by atoms with Gasteiger partial charge in [0.2, 0.25) is 10.0 Å². The van der Waals surface area contributed by atoms with Crippen molar-refractivity contribution in [2.75, 3.05) is 13.6 Å². The molecule has 0 saturated carbocycles. The number of aliphatic hydroxyl groups excluding tert-OH is 1. The molecule has 1 N–H and O–H groups in total. The Balaban J connectivity index is 3.06. The zero-order chi connectivity index (χ0) is 14.1. The molecule has 0 aliphatic carbocycles. The summed E-state index contributed by atoms with van der Waals surface area (Å²) >= 11 is 5.95. The number of sulfonamides is 1. The van der Waals surface area contributed by atoms with E-state index in [1.807, 2.05) is 0 Å². The van der Waals surface area contributed by atoms with Crippen molar-refractivity contribution in [1.82, 2.24) is 14.1 Å². The van der Waals surface area contributed by atoms with Crippen LogP contribution in [0.15, 0.2) is 4.90 Å². The van der Waals surface area contributed by atoms with Gasteiger partial charge in [-0.15, -0.1) is 0 Å². The number of rotatable bonds is 5. The molecule has 0 bridgehead atoms. The van der Waals surface area contributed by atoms with Crippen molar-refractivity contribution in [3.63, 3.8) is 0 Å². The molecule has 0 aliphatic rings. The zero-order valence-electron chi connectivity index (χ0n) is 10.9. The van der Waals surface area contributed by atoms with Gasteiger partial charge < -0.3 is 5.11 Å². The van der Waals surface area contributed by atoms with Crippen molar-refractivity contribution in [1.29, 1.82) is 0 Å². The SMILES string of the molecule is Cc1nn(C)c(Cl)c1S(=O)(=O)N(C)CCC(C)O. The highest BCUT2D eigenvalue weighted by Crippen LogP contribution is 2.26. The van der Waals surface area contributed by atoms with E-state index in [1.165, 1.54) is 16.0 Å². The van der Waals surface area contributed by atoms with Gasteiger partial charge >= 0.3 is 0 Å². The molecule has 104 valence electrons.